The Balaban J connectivity index is 2.25. The molecule has 1 aromatic carbocycles. The second kappa shape index (κ2) is 17.1. The van der Waals surface area contributed by atoms with E-state index in [0.717, 1.165) is 5.56 Å². The SMILES string of the molecule is CC(C)(C)OC(=O)CN1CCN(CC(=O)OC(C)(C)C)CCN([C@H](CCC(=O)OCc2ccccc2)C(=O)OC(C)(C)C)CC1. The summed E-state index contributed by atoms with van der Waals surface area (Å²) in [6, 6.07) is 8.68. The molecule has 0 spiro atoms. The minimum absolute atomic E-state index is 0.0243. The van der Waals surface area contributed by atoms with Gasteiger partial charge in [0.25, 0.3) is 0 Å². The third-order valence-corrected chi connectivity index (χ3v) is 6.67. The minimum Gasteiger partial charge on any atom is -0.461 e. The molecule has 0 N–H and O–H groups in total. The van der Waals surface area contributed by atoms with Crippen LogP contribution < -0.4 is 0 Å². The summed E-state index contributed by atoms with van der Waals surface area (Å²) in [7, 11) is 0. The summed E-state index contributed by atoms with van der Waals surface area (Å²) in [6.07, 6.45) is 0.219. The van der Waals surface area contributed by atoms with Crippen LogP contribution in [0.3, 0.4) is 0 Å². The van der Waals surface area contributed by atoms with Gasteiger partial charge in [-0.3, -0.25) is 33.9 Å². The molecule has 0 saturated carbocycles. The number of esters is 4. The quantitative estimate of drug-likeness (QED) is 0.262. The highest BCUT2D eigenvalue weighted by Crippen LogP contribution is 2.18. The molecule has 11 nitrogen and oxygen atoms in total. The van der Waals surface area contributed by atoms with Gasteiger partial charge in [-0.25, -0.2) is 0 Å². The highest BCUT2D eigenvalue weighted by molar-refractivity contribution is 5.78. The smallest absolute Gasteiger partial charge is 0.323 e. The lowest BCUT2D eigenvalue weighted by Gasteiger charge is -2.33. The third kappa shape index (κ3) is 16.7. The lowest BCUT2D eigenvalue weighted by Crippen LogP contribution is -2.49. The predicted octanol–water partition coefficient (Wildman–Crippen LogP) is 3.82. The molecule has 0 radical (unpaired) electrons. The molecule has 1 aromatic rings. The van der Waals surface area contributed by atoms with Crippen molar-refractivity contribution in [2.75, 3.05) is 52.4 Å². The second-order valence-corrected chi connectivity index (χ2v) is 14.5. The Labute approximate surface area is 269 Å². The topological polar surface area (TPSA) is 115 Å². The molecular formula is C34H55N3O8. The van der Waals surface area contributed by atoms with Crippen LogP contribution in [-0.4, -0.2) is 114 Å². The average molecular weight is 634 g/mol. The van der Waals surface area contributed by atoms with Crippen LogP contribution in [0.4, 0.5) is 0 Å². The van der Waals surface area contributed by atoms with Crippen molar-refractivity contribution in [1.82, 2.24) is 14.7 Å². The molecule has 1 aliphatic heterocycles. The highest BCUT2D eigenvalue weighted by atomic mass is 16.6. The van der Waals surface area contributed by atoms with E-state index in [4.69, 9.17) is 18.9 Å². The van der Waals surface area contributed by atoms with Crippen molar-refractivity contribution in [2.45, 2.75) is 105 Å². The van der Waals surface area contributed by atoms with Crippen molar-refractivity contribution in [3.05, 3.63) is 35.9 Å². The zero-order valence-corrected chi connectivity index (χ0v) is 28.8. The minimum atomic E-state index is -0.738. The fourth-order valence-corrected chi connectivity index (χ4v) is 4.78. The normalized spacial score (nSPS) is 16.9. The molecule has 2 rings (SSSR count). The van der Waals surface area contributed by atoms with Crippen molar-refractivity contribution in [1.29, 1.82) is 0 Å². The van der Waals surface area contributed by atoms with Gasteiger partial charge in [0.1, 0.15) is 29.5 Å². The predicted molar refractivity (Wildman–Crippen MR) is 171 cm³/mol. The first-order chi connectivity index (χ1) is 20.8. The summed E-state index contributed by atoms with van der Waals surface area (Å²) < 4.78 is 22.4. The van der Waals surface area contributed by atoms with Crippen LogP contribution >= 0.6 is 0 Å². The first-order valence-corrected chi connectivity index (χ1v) is 15.8. The maximum Gasteiger partial charge on any atom is 0.323 e. The molecule has 1 atom stereocenters. The molecular weight excluding hydrogens is 578 g/mol. The van der Waals surface area contributed by atoms with Crippen LogP contribution in [0.5, 0.6) is 0 Å². The molecule has 0 unspecified atom stereocenters. The van der Waals surface area contributed by atoms with Gasteiger partial charge < -0.3 is 18.9 Å². The van der Waals surface area contributed by atoms with Crippen LogP contribution in [0.1, 0.15) is 80.7 Å². The fourth-order valence-electron chi connectivity index (χ4n) is 4.78. The van der Waals surface area contributed by atoms with Crippen LogP contribution in [0.25, 0.3) is 0 Å². The van der Waals surface area contributed by atoms with Crippen molar-refractivity contribution in [3.8, 4) is 0 Å². The summed E-state index contributed by atoms with van der Waals surface area (Å²) in [5.41, 5.74) is -1.09. The highest BCUT2D eigenvalue weighted by Gasteiger charge is 2.33. The van der Waals surface area contributed by atoms with Gasteiger partial charge in [-0.1, -0.05) is 30.3 Å². The molecule has 0 aliphatic carbocycles. The average Bonchev–Trinajstić information content (AvgIpc) is 2.96. The number of hydrogen-bond donors (Lipinski definition) is 0. The summed E-state index contributed by atoms with van der Waals surface area (Å²) in [6.45, 7) is 19.5. The van der Waals surface area contributed by atoms with E-state index in [1.54, 1.807) is 20.8 Å². The first kappa shape index (κ1) is 38.2. The number of nitrogens with zero attached hydrogens (tertiary/aromatic N) is 3. The molecule has 0 amide bonds. The van der Waals surface area contributed by atoms with E-state index in [9.17, 15) is 19.2 Å². The van der Waals surface area contributed by atoms with Gasteiger partial charge in [0.2, 0.25) is 0 Å². The molecule has 1 saturated heterocycles. The Morgan fingerprint density at radius 3 is 1.53 bits per heavy atom. The van der Waals surface area contributed by atoms with Gasteiger partial charge in [0.15, 0.2) is 0 Å². The molecule has 254 valence electrons. The summed E-state index contributed by atoms with van der Waals surface area (Å²) >= 11 is 0. The van der Waals surface area contributed by atoms with Crippen molar-refractivity contribution in [2.24, 2.45) is 0 Å². The van der Waals surface area contributed by atoms with Gasteiger partial charge >= 0.3 is 23.9 Å². The molecule has 0 bridgehead atoms. The van der Waals surface area contributed by atoms with Crippen LogP contribution in [0.15, 0.2) is 30.3 Å². The Bertz CT molecular complexity index is 1060. The van der Waals surface area contributed by atoms with Crippen LogP contribution in [0, 0.1) is 0 Å². The third-order valence-electron chi connectivity index (χ3n) is 6.67. The Morgan fingerprint density at radius 1 is 0.644 bits per heavy atom. The van der Waals surface area contributed by atoms with E-state index in [1.807, 2.05) is 86.6 Å². The van der Waals surface area contributed by atoms with E-state index in [1.165, 1.54) is 0 Å². The van der Waals surface area contributed by atoms with Crippen LogP contribution in [0.2, 0.25) is 0 Å². The molecule has 1 fully saturated rings. The Kier molecular flexibility index (Phi) is 14.5. The Morgan fingerprint density at radius 2 is 1.09 bits per heavy atom. The summed E-state index contributed by atoms with van der Waals surface area (Å²) in [5.74, 6) is -1.54. The van der Waals surface area contributed by atoms with Gasteiger partial charge in [-0.05, 0) is 74.3 Å². The lowest BCUT2D eigenvalue weighted by molar-refractivity contribution is -0.163. The van der Waals surface area contributed by atoms with Gasteiger partial charge in [-0.15, -0.1) is 0 Å². The maximum absolute atomic E-state index is 13.6. The Hall–Kier alpha value is -3.02. The molecule has 11 heteroatoms. The number of rotatable bonds is 11. The first-order valence-electron chi connectivity index (χ1n) is 15.8. The molecule has 45 heavy (non-hydrogen) atoms. The van der Waals surface area contributed by atoms with E-state index < -0.39 is 34.8 Å². The second-order valence-electron chi connectivity index (χ2n) is 14.5. The monoisotopic (exact) mass is 633 g/mol. The summed E-state index contributed by atoms with van der Waals surface area (Å²) in [4.78, 5) is 57.8. The number of hydrogen-bond acceptors (Lipinski definition) is 11. The number of ether oxygens (including phenoxy) is 4. The van der Waals surface area contributed by atoms with Crippen molar-refractivity contribution >= 4 is 23.9 Å². The zero-order valence-electron chi connectivity index (χ0n) is 28.8. The number of benzene rings is 1. The van der Waals surface area contributed by atoms with E-state index in [2.05, 4.69) is 0 Å². The standard InChI is InChI=1S/C34H55N3O8/c1-32(2,3)43-29(39)23-35-17-18-36(24-30(40)44-33(4,5)6)20-22-37(21-19-35)27(31(41)45-34(7,8)9)15-16-28(38)42-25-26-13-11-10-12-14-26/h10-14,27H,15-25H2,1-9H3/t27-/m1/s1. The van der Waals surface area contributed by atoms with E-state index >= 15 is 0 Å². The molecule has 0 aromatic heterocycles. The molecule has 1 heterocycles. The lowest BCUT2D eigenvalue weighted by atomic mass is 10.1. The van der Waals surface area contributed by atoms with Crippen molar-refractivity contribution in [3.63, 3.8) is 0 Å². The van der Waals surface area contributed by atoms with Gasteiger partial charge in [-0.2, -0.15) is 0 Å². The van der Waals surface area contributed by atoms with E-state index in [0.29, 0.717) is 39.3 Å². The van der Waals surface area contributed by atoms with Crippen LogP contribution in [-0.2, 0) is 44.7 Å². The number of carbonyl (C=O) groups excluding carboxylic acids is 4. The van der Waals surface area contributed by atoms with E-state index in [-0.39, 0.29) is 44.5 Å². The molecule has 1 aliphatic rings. The summed E-state index contributed by atoms with van der Waals surface area (Å²) in [5, 5.41) is 0. The number of carbonyl (C=O) groups is 4. The zero-order chi connectivity index (χ0) is 33.8. The fraction of sp³-hybridized carbons (Fsp3) is 0.706. The van der Waals surface area contributed by atoms with Crippen molar-refractivity contribution < 1.29 is 38.1 Å². The van der Waals surface area contributed by atoms with Gasteiger partial charge in [0, 0.05) is 45.7 Å². The van der Waals surface area contributed by atoms with Gasteiger partial charge in [0.05, 0.1) is 13.1 Å². The largest absolute Gasteiger partial charge is 0.461 e. The maximum atomic E-state index is 13.6.